The molecule has 2 aliphatic rings. The zero-order valence-electron chi connectivity index (χ0n) is 9.90. The second kappa shape index (κ2) is 3.61. The number of hydrogen-bond donors (Lipinski definition) is 0. The molecule has 1 heterocycles. The predicted molar refractivity (Wildman–Crippen MR) is 58.7 cm³/mol. The number of rotatable bonds is 0. The predicted octanol–water partition coefficient (Wildman–Crippen LogP) is 2.10. The molecule has 2 unspecified atom stereocenters. The van der Waals surface area contributed by atoms with Crippen molar-refractivity contribution in [2.45, 2.75) is 45.3 Å². The van der Waals surface area contributed by atoms with Gasteiger partial charge in [-0.3, -0.25) is 4.79 Å². The van der Waals surface area contributed by atoms with Crippen molar-refractivity contribution in [2.75, 3.05) is 0 Å². The maximum absolute atomic E-state index is 11.9. The van der Waals surface area contributed by atoms with Crippen molar-refractivity contribution >= 4 is 12.0 Å². The van der Waals surface area contributed by atoms with Crippen LogP contribution in [0.3, 0.4) is 0 Å². The van der Waals surface area contributed by atoms with Crippen LogP contribution >= 0.6 is 0 Å². The second-order valence-corrected chi connectivity index (χ2v) is 5.35. The largest absolute Gasteiger partial charge is 0.443 e. The highest BCUT2D eigenvalue weighted by molar-refractivity contribution is 5.96. The smallest absolute Gasteiger partial charge is 0.417 e. The van der Waals surface area contributed by atoms with E-state index in [1.807, 2.05) is 12.2 Å². The van der Waals surface area contributed by atoms with Gasteiger partial charge in [0.15, 0.2) is 0 Å². The molecule has 2 bridgehead atoms. The Labute approximate surface area is 95.2 Å². The summed E-state index contributed by atoms with van der Waals surface area (Å²) in [5.74, 6) is -0.119. The van der Waals surface area contributed by atoms with E-state index >= 15 is 0 Å². The van der Waals surface area contributed by atoms with Crippen LogP contribution in [0.1, 0.15) is 33.6 Å². The van der Waals surface area contributed by atoms with Crippen LogP contribution < -0.4 is 0 Å². The summed E-state index contributed by atoms with van der Waals surface area (Å²) in [4.78, 5) is 25.0. The summed E-state index contributed by atoms with van der Waals surface area (Å²) in [6, 6.07) is -0.0962. The first-order valence-corrected chi connectivity index (χ1v) is 5.61. The SMILES string of the molecule is CC(C)(C)OC(=O)N1C(=O)C2CC=CC1C2. The van der Waals surface area contributed by atoms with Gasteiger partial charge in [0.2, 0.25) is 5.91 Å². The lowest BCUT2D eigenvalue weighted by atomic mass is 9.96. The van der Waals surface area contributed by atoms with E-state index in [-0.39, 0.29) is 17.9 Å². The van der Waals surface area contributed by atoms with Crippen LogP contribution in [0.15, 0.2) is 12.2 Å². The van der Waals surface area contributed by atoms with Gasteiger partial charge in [-0.05, 0) is 33.6 Å². The molecule has 1 fully saturated rings. The second-order valence-electron chi connectivity index (χ2n) is 5.35. The molecule has 88 valence electrons. The lowest BCUT2D eigenvalue weighted by Crippen LogP contribution is -2.41. The molecule has 0 aromatic rings. The van der Waals surface area contributed by atoms with Gasteiger partial charge in [0.1, 0.15) is 5.60 Å². The Kier molecular flexibility index (Phi) is 2.52. The summed E-state index contributed by atoms with van der Waals surface area (Å²) in [7, 11) is 0. The van der Waals surface area contributed by atoms with Gasteiger partial charge in [-0.25, -0.2) is 9.69 Å². The molecule has 4 heteroatoms. The number of carbonyl (C=O) groups excluding carboxylic acids is 2. The molecular weight excluding hydrogens is 206 g/mol. The molecule has 0 radical (unpaired) electrons. The minimum absolute atomic E-state index is 0.0254. The van der Waals surface area contributed by atoms with Crippen LogP contribution in [0.4, 0.5) is 4.79 Å². The molecule has 1 aliphatic heterocycles. The molecule has 16 heavy (non-hydrogen) atoms. The van der Waals surface area contributed by atoms with Crippen LogP contribution in [0.25, 0.3) is 0 Å². The molecule has 1 saturated heterocycles. The van der Waals surface area contributed by atoms with Crippen LogP contribution in [0.2, 0.25) is 0 Å². The number of nitrogens with zero attached hydrogens (tertiary/aromatic N) is 1. The van der Waals surface area contributed by atoms with Crippen molar-refractivity contribution in [1.29, 1.82) is 0 Å². The van der Waals surface area contributed by atoms with Crippen LogP contribution in [0, 0.1) is 5.92 Å². The molecule has 0 saturated carbocycles. The molecule has 2 rings (SSSR count). The lowest BCUT2D eigenvalue weighted by Gasteiger charge is -2.25. The van der Waals surface area contributed by atoms with Crippen molar-refractivity contribution in [2.24, 2.45) is 5.92 Å². The lowest BCUT2D eigenvalue weighted by molar-refractivity contribution is -0.130. The van der Waals surface area contributed by atoms with Crippen molar-refractivity contribution in [3.8, 4) is 0 Å². The molecule has 2 atom stereocenters. The fraction of sp³-hybridized carbons (Fsp3) is 0.667. The Morgan fingerprint density at radius 1 is 1.50 bits per heavy atom. The Bertz CT molecular complexity index is 354. The molecular formula is C12H17NO3. The zero-order chi connectivity index (χ0) is 11.9. The Balaban J connectivity index is 2.13. The van der Waals surface area contributed by atoms with Gasteiger partial charge in [0, 0.05) is 5.92 Å². The number of ether oxygens (including phenoxy) is 1. The van der Waals surface area contributed by atoms with Crippen LogP contribution in [-0.2, 0) is 9.53 Å². The fourth-order valence-electron chi connectivity index (χ4n) is 2.16. The average Bonchev–Trinajstić information content (AvgIpc) is 2.35. The zero-order valence-corrected chi connectivity index (χ0v) is 9.90. The van der Waals surface area contributed by atoms with E-state index in [4.69, 9.17) is 4.74 Å². The van der Waals surface area contributed by atoms with E-state index in [0.717, 1.165) is 12.8 Å². The summed E-state index contributed by atoms with van der Waals surface area (Å²) < 4.78 is 5.23. The Morgan fingerprint density at radius 3 is 2.75 bits per heavy atom. The minimum atomic E-state index is -0.558. The highest BCUT2D eigenvalue weighted by atomic mass is 16.6. The molecule has 1 aliphatic carbocycles. The normalized spacial score (nSPS) is 28.4. The minimum Gasteiger partial charge on any atom is -0.443 e. The summed E-state index contributed by atoms with van der Waals surface area (Å²) in [6.45, 7) is 5.40. The third-order valence-corrected chi connectivity index (χ3v) is 2.81. The highest BCUT2D eigenvalue weighted by Crippen LogP contribution is 2.33. The first kappa shape index (κ1) is 11.2. The topological polar surface area (TPSA) is 46.6 Å². The number of allylic oxidation sites excluding steroid dienone is 1. The third kappa shape index (κ3) is 1.96. The third-order valence-electron chi connectivity index (χ3n) is 2.81. The Morgan fingerprint density at radius 2 is 2.19 bits per heavy atom. The summed E-state index contributed by atoms with van der Waals surface area (Å²) in [5, 5.41) is 0. The average molecular weight is 223 g/mol. The summed E-state index contributed by atoms with van der Waals surface area (Å²) in [5.41, 5.74) is -0.558. The van der Waals surface area contributed by atoms with Crippen molar-refractivity contribution in [3.05, 3.63) is 12.2 Å². The molecule has 0 N–H and O–H groups in total. The monoisotopic (exact) mass is 223 g/mol. The van der Waals surface area contributed by atoms with E-state index in [1.165, 1.54) is 4.90 Å². The van der Waals surface area contributed by atoms with Gasteiger partial charge in [-0.1, -0.05) is 12.2 Å². The molecule has 2 amide bonds. The fourth-order valence-corrected chi connectivity index (χ4v) is 2.16. The van der Waals surface area contributed by atoms with E-state index in [9.17, 15) is 9.59 Å². The van der Waals surface area contributed by atoms with E-state index in [0.29, 0.717) is 0 Å². The van der Waals surface area contributed by atoms with Gasteiger partial charge in [0.05, 0.1) is 6.04 Å². The van der Waals surface area contributed by atoms with E-state index in [1.54, 1.807) is 20.8 Å². The number of carbonyl (C=O) groups is 2. The molecule has 4 nitrogen and oxygen atoms in total. The summed E-state index contributed by atoms with van der Waals surface area (Å²) in [6.07, 6.45) is 4.87. The standard InChI is InChI=1S/C12H17NO3/c1-12(2,3)16-11(15)13-9-6-4-5-8(7-9)10(13)14/h4,6,8-9H,5,7H2,1-3H3. The molecule has 0 spiro atoms. The van der Waals surface area contributed by atoms with Gasteiger partial charge in [-0.15, -0.1) is 0 Å². The molecule has 0 aromatic carbocycles. The van der Waals surface area contributed by atoms with E-state index < -0.39 is 11.7 Å². The maximum Gasteiger partial charge on any atom is 0.417 e. The van der Waals surface area contributed by atoms with Gasteiger partial charge >= 0.3 is 6.09 Å². The number of likely N-dealkylation sites (tertiary alicyclic amines) is 1. The van der Waals surface area contributed by atoms with Gasteiger partial charge in [-0.2, -0.15) is 0 Å². The van der Waals surface area contributed by atoms with E-state index in [2.05, 4.69) is 0 Å². The van der Waals surface area contributed by atoms with Gasteiger partial charge < -0.3 is 4.74 Å². The first-order valence-electron chi connectivity index (χ1n) is 5.61. The number of amides is 2. The number of fused-ring (bicyclic) bond motifs is 2. The Hall–Kier alpha value is -1.32. The highest BCUT2D eigenvalue weighted by Gasteiger charge is 2.44. The first-order chi connectivity index (χ1) is 7.38. The maximum atomic E-state index is 11.9. The van der Waals surface area contributed by atoms with Crippen molar-refractivity contribution in [1.82, 2.24) is 4.90 Å². The summed E-state index contributed by atoms with van der Waals surface area (Å²) >= 11 is 0. The van der Waals surface area contributed by atoms with Crippen molar-refractivity contribution < 1.29 is 14.3 Å². The quantitative estimate of drug-likeness (QED) is 0.591. The van der Waals surface area contributed by atoms with Crippen LogP contribution in [0.5, 0.6) is 0 Å². The number of hydrogen-bond acceptors (Lipinski definition) is 3. The van der Waals surface area contributed by atoms with Crippen LogP contribution in [-0.4, -0.2) is 28.5 Å². The van der Waals surface area contributed by atoms with Gasteiger partial charge in [0.25, 0.3) is 0 Å². The van der Waals surface area contributed by atoms with Crippen molar-refractivity contribution in [3.63, 3.8) is 0 Å². The number of imide groups is 1. The molecule has 0 aromatic heterocycles.